The van der Waals surface area contributed by atoms with Crippen molar-refractivity contribution >= 4 is 28.4 Å². The van der Waals surface area contributed by atoms with Gasteiger partial charge in [0, 0.05) is 17.5 Å². The smallest absolute Gasteiger partial charge is 0.189 e. The number of nitrogens with one attached hydrogen (secondary N) is 1. The second kappa shape index (κ2) is 9.71. The van der Waals surface area contributed by atoms with Crippen LogP contribution >= 0.6 is 0 Å². The first-order valence-electron chi connectivity index (χ1n) is 14.6. The van der Waals surface area contributed by atoms with E-state index < -0.39 is 16.9 Å². The molecule has 4 atom stereocenters. The number of rotatable bonds is 4. The standard InChI is InChI=1S/C36H33NO6/c1-20-32(23-13-15-30(43-3)28(39)19-23)35(16-6-9-24(33(35)40)17-21-12-14-29(42-2)27(38)18-21)36(37-20)26-11-5-8-22-7-4-10-25(31(22)26)34(36)41/h4-5,7-8,10-15,17-20,32,37-39H,6,9,16H2,1-3H3/b24-17+/t20?,32-,35+,36+/m1/s1. The molecule has 4 aromatic rings. The Balaban J connectivity index is 1.48. The van der Waals surface area contributed by atoms with Gasteiger partial charge in [-0.25, -0.2) is 0 Å². The fourth-order valence-electron chi connectivity index (χ4n) is 8.30. The molecule has 0 aromatic heterocycles. The van der Waals surface area contributed by atoms with E-state index in [4.69, 9.17) is 9.47 Å². The molecule has 7 rings (SSSR count). The van der Waals surface area contributed by atoms with Gasteiger partial charge in [0.1, 0.15) is 5.54 Å². The molecule has 1 saturated carbocycles. The maximum absolute atomic E-state index is 15.2. The fraction of sp³-hybridized carbons (Fsp3) is 0.278. The minimum Gasteiger partial charge on any atom is -0.504 e. The van der Waals surface area contributed by atoms with E-state index in [1.54, 1.807) is 24.3 Å². The number of allylic oxidation sites excluding steroid dienone is 1. The molecule has 2 fully saturated rings. The summed E-state index contributed by atoms with van der Waals surface area (Å²) >= 11 is 0. The lowest BCUT2D eigenvalue weighted by Gasteiger charge is -2.47. The predicted molar refractivity (Wildman–Crippen MR) is 164 cm³/mol. The van der Waals surface area contributed by atoms with Crippen LogP contribution in [0.25, 0.3) is 16.8 Å². The summed E-state index contributed by atoms with van der Waals surface area (Å²) in [7, 11) is 2.99. The topological polar surface area (TPSA) is 105 Å². The molecule has 218 valence electrons. The molecule has 0 amide bonds. The Morgan fingerprint density at radius 1 is 0.884 bits per heavy atom. The van der Waals surface area contributed by atoms with Gasteiger partial charge in [-0.3, -0.25) is 14.9 Å². The molecular formula is C36H33NO6. The highest BCUT2D eigenvalue weighted by atomic mass is 16.5. The number of carbonyl (C=O) groups is 2. The average molecular weight is 576 g/mol. The third-order valence-electron chi connectivity index (χ3n) is 9.86. The van der Waals surface area contributed by atoms with E-state index in [0.717, 1.165) is 21.9 Å². The summed E-state index contributed by atoms with van der Waals surface area (Å²) in [6.07, 6.45) is 3.55. The number of fused-ring (bicyclic) bond motifs is 2. The van der Waals surface area contributed by atoms with E-state index in [2.05, 4.69) is 5.32 Å². The van der Waals surface area contributed by atoms with Crippen LogP contribution < -0.4 is 14.8 Å². The van der Waals surface area contributed by atoms with Gasteiger partial charge in [0.25, 0.3) is 0 Å². The molecule has 4 aromatic carbocycles. The Hall–Kier alpha value is -4.62. The molecule has 1 saturated heterocycles. The van der Waals surface area contributed by atoms with Crippen molar-refractivity contribution in [2.24, 2.45) is 5.41 Å². The zero-order valence-corrected chi connectivity index (χ0v) is 24.3. The fourth-order valence-corrected chi connectivity index (χ4v) is 8.30. The summed E-state index contributed by atoms with van der Waals surface area (Å²) in [5, 5.41) is 26.8. The summed E-state index contributed by atoms with van der Waals surface area (Å²) < 4.78 is 10.5. The molecule has 3 N–H and O–H groups in total. The number of carbonyl (C=O) groups excluding carboxylic acids is 2. The maximum atomic E-state index is 15.2. The van der Waals surface area contributed by atoms with Gasteiger partial charge in [-0.1, -0.05) is 48.5 Å². The lowest BCUT2D eigenvalue weighted by Crippen LogP contribution is -2.59. The van der Waals surface area contributed by atoms with Crippen LogP contribution in [-0.2, 0) is 10.3 Å². The molecule has 3 aliphatic rings. The number of Topliss-reactive ketones (excluding diaryl/α,β-unsaturated/α-hetero) is 2. The maximum Gasteiger partial charge on any atom is 0.189 e. The highest BCUT2D eigenvalue weighted by molar-refractivity contribution is 6.24. The van der Waals surface area contributed by atoms with Crippen molar-refractivity contribution in [3.63, 3.8) is 0 Å². The number of hydrogen-bond donors (Lipinski definition) is 3. The Kier molecular flexibility index (Phi) is 6.15. The molecule has 2 aliphatic carbocycles. The monoisotopic (exact) mass is 575 g/mol. The van der Waals surface area contributed by atoms with Crippen molar-refractivity contribution in [2.45, 2.75) is 43.7 Å². The largest absolute Gasteiger partial charge is 0.504 e. The lowest BCUT2D eigenvalue weighted by molar-refractivity contribution is -0.130. The molecule has 7 heteroatoms. The quantitative estimate of drug-likeness (QED) is 0.247. The van der Waals surface area contributed by atoms with Crippen LogP contribution in [0.2, 0.25) is 0 Å². The van der Waals surface area contributed by atoms with Crippen molar-refractivity contribution < 1.29 is 29.3 Å². The summed E-state index contributed by atoms with van der Waals surface area (Å²) in [5.41, 5.74) is 1.01. The Labute approximate surface area is 249 Å². The van der Waals surface area contributed by atoms with E-state index in [1.807, 2.05) is 61.5 Å². The molecule has 1 unspecified atom stereocenters. The summed E-state index contributed by atoms with van der Waals surface area (Å²) in [6, 6.07) is 21.8. The van der Waals surface area contributed by atoms with Crippen molar-refractivity contribution in [3.05, 3.63) is 101 Å². The first-order chi connectivity index (χ1) is 20.8. The van der Waals surface area contributed by atoms with Crippen molar-refractivity contribution in [1.29, 1.82) is 0 Å². The van der Waals surface area contributed by atoms with Gasteiger partial charge >= 0.3 is 0 Å². The van der Waals surface area contributed by atoms with E-state index in [-0.39, 0.29) is 29.1 Å². The van der Waals surface area contributed by atoms with E-state index in [0.29, 0.717) is 47.5 Å². The highest BCUT2D eigenvalue weighted by Gasteiger charge is 2.73. The first kappa shape index (κ1) is 27.2. The zero-order valence-electron chi connectivity index (χ0n) is 24.3. The number of methoxy groups -OCH3 is 2. The lowest BCUT2D eigenvalue weighted by atomic mass is 9.52. The molecule has 2 spiro atoms. The van der Waals surface area contributed by atoms with Crippen LogP contribution in [0.4, 0.5) is 0 Å². The SMILES string of the molecule is COc1ccc(/C=C2\CCC[C@@]3(C2=O)[C@@H](c2ccc(OC)c(O)c2)C(C)N[C@@]32C(=O)c3cccc4cccc2c34)cc1O. The summed E-state index contributed by atoms with van der Waals surface area (Å²) in [5.74, 6) is 0.0466. The number of aromatic hydroxyl groups is 2. The molecular weight excluding hydrogens is 542 g/mol. The van der Waals surface area contributed by atoms with Crippen LogP contribution in [0.15, 0.2) is 78.4 Å². The third kappa shape index (κ3) is 3.58. The zero-order chi connectivity index (χ0) is 30.1. The number of phenols is 2. The molecule has 1 heterocycles. The van der Waals surface area contributed by atoms with Crippen LogP contribution in [0.1, 0.15) is 59.2 Å². The molecule has 7 nitrogen and oxygen atoms in total. The van der Waals surface area contributed by atoms with E-state index >= 15 is 4.79 Å². The second-order valence-corrected chi connectivity index (χ2v) is 11.9. The van der Waals surface area contributed by atoms with Gasteiger partial charge in [-0.15, -0.1) is 0 Å². The Morgan fingerprint density at radius 3 is 2.28 bits per heavy atom. The van der Waals surface area contributed by atoms with E-state index in [9.17, 15) is 15.0 Å². The van der Waals surface area contributed by atoms with Gasteiger partial charge in [-0.2, -0.15) is 0 Å². The number of ketones is 2. The van der Waals surface area contributed by atoms with Crippen molar-refractivity contribution in [2.75, 3.05) is 14.2 Å². The minimum atomic E-state index is -1.30. The third-order valence-corrected chi connectivity index (χ3v) is 9.86. The van der Waals surface area contributed by atoms with Gasteiger partial charge in [-0.05, 0) is 89.6 Å². The second-order valence-electron chi connectivity index (χ2n) is 11.9. The Morgan fingerprint density at radius 2 is 1.58 bits per heavy atom. The van der Waals surface area contributed by atoms with Crippen LogP contribution in [0.5, 0.6) is 23.0 Å². The Bertz CT molecular complexity index is 1860. The minimum absolute atomic E-state index is 0.0119. The molecule has 0 radical (unpaired) electrons. The summed E-state index contributed by atoms with van der Waals surface area (Å²) in [4.78, 5) is 30.1. The van der Waals surface area contributed by atoms with Crippen molar-refractivity contribution in [1.82, 2.24) is 5.32 Å². The number of phenolic OH excluding ortho intramolecular Hbond substituents is 2. The first-order valence-corrected chi connectivity index (χ1v) is 14.6. The van der Waals surface area contributed by atoms with Gasteiger partial charge in [0.15, 0.2) is 34.6 Å². The average Bonchev–Trinajstić information content (AvgIpc) is 3.41. The van der Waals surface area contributed by atoms with Gasteiger partial charge in [0.2, 0.25) is 0 Å². The van der Waals surface area contributed by atoms with E-state index in [1.165, 1.54) is 14.2 Å². The highest BCUT2D eigenvalue weighted by Crippen LogP contribution is 2.66. The predicted octanol–water partition coefficient (Wildman–Crippen LogP) is 6.26. The van der Waals surface area contributed by atoms with Crippen molar-refractivity contribution in [3.8, 4) is 23.0 Å². The van der Waals surface area contributed by atoms with Crippen LogP contribution in [0.3, 0.4) is 0 Å². The number of hydrogen-bond acceptors (Lipinski definition) is 7. The van der Waals surface area contributed by atoms with Crippen LogP contribution in [0, 0.1) is 5.41 Å². The van der Waals surface area contributed by atoms with Gasteiger partial charge in [0.05, 0.1) is 19.6 Å². The van der Waals surface area contributed by atoms with Gasteiger partial charge < -0.3 is 19.7 Å². The van der Waals surface area contributed by atoms with Crippen LogP contribution in [-0.4, -0.2) is 42.0 Å². The number of ether oxygens (including phenoxy) is 2. The number of benzene rings is 4. The molecule has 0 bridgehead atoms. The normalized spacial score (nSPS) is 27.1. The molecule has 43 heavy (non-hydrogen) atoms. The summed E-state index contributed by atoms with van der Waals surface area (Å²) in [6.45, 7) is 2.02. The molecule has 1 aliphatic heterocycles.